The summed E-state index contributed by atoms with van der Waals surface area (Å²) in [5, 5.41) is 1.27. The molecule has 0 N–H and O–H groups in total. The standard InChI is InChI=1S/C15H17N/c1-9(2)13-8-12(5)15-11(4)6-10(3)7-14(15)16-13/h6-8H,1H2,2-5H3. The number of allylic oxidation sites excluding steroid dienone is 1. The van der Waals surface area contributed by atoms with E-state index in [-0.39, 0.29) is 0 Å². The molecule has 2 aromatic rings. The molecule has 0 radical (unpaired) electrons. The Labute approximate surface area is 96.8 Å². The molecule has 1 nitrogen and oxygen atoms in total. The zero-order valence-electron chi connectivity index (χ0n) is 10.4. The molecule has 0 aliphatic heterocycles. The van der Waals surface area contributed by atoms with E-state index >= 15 is 0 Å². The second-order valence-corrected chi connectivity index (χ2v) is 4.58. The van der Waals surface area contributed by atoms with E-state index in [0.29, 0.717) is 0 Å². The van der Waals surface area contributed by atoms with Crippen LogP contribution < -0.4 is 0 Å². The summed E-state index contributed by atoms with van der Waals surface area (Å²) in [7, 11) is 0. The molecule has 0 saturated heterocycles. The van der Waals surface area contributed by atoms with E-state index in [0.717, 1.165) is 16.8 Å². The SMILES string of the molecule is C=C(C)c1cc(C)c2c(C)cc(C)cc2n1. The molecule has 0 amide bonds. The summed E-state index contributed by atoms with van der Waals surface area (Å²) < 4.78 is 0. The van der Waals surface area contributed by atoms with Crippen molar-refractivity contribution in [3.05, 3.63) is 47.2 Å². The Balaban J connectivity index is 2.87. The van der Waals surface area contributed by atoms with Gasteiger partial charge in [-0.3, -0.25) is 0 Å². The Kier molecular flexibility index (Phi) is 2.55. The first-order valence-electron chi connectivity index (χ1n) is 5.53. The van der Waals surface area contributed by atoms with Gasteiger partial charge in [0.1, 0.15) is 0 Å². The Morgan fingerprint density at radius 1 is 1.06 bits per heavy atom. The molecule has 0 unspecified atom stereocenters. The molecule has 0 saturated carbocycles. The van der Waals surface area contributed by atoms with Crippen molar-refractivity contribution in [3.8, 4) is 0 Å². The lowest BCUT2D eigenvalue weighted by Crippen LogP contribution is -1.93. The monoisotopic (exact) mass is 211 g/mol. The van der Waals surface area contributed by atoms with Crippen LogP contribution in [0.25, 0.3) is 16.5 Å². The van der Waals surface area contributed by atoms with E-state index in [1.165, 1.54) is 22.1 Å². The largest absolute Gasteiger partial charge is 0.248 e. The van der Waals surface area contributed by atoms with Gasteiger partial charge < -0.3 is 0 Å². The van der Waals surface area contributed by atoms with Crippen molar-refractivity contribution in [1.29, 1.82) is 0 Å². The lowest BCUT2D eigenvalue weighted by molar-refractivity contribution is 1.28. The molecule has 0 atom stereocenters. The summed E-state index contributed by atoms with van der Waals surface area (Å²) >= 11 is 0. The zero-order valence-corrected chi connectivity index (χ0v) is 10.4. The topological polar surface area (TPSA) is 12.9 Å². The van der Waals surface area contributed by atoms with Crippen LogP contribution >= 0.6 is 0 Å². The van der Waals surface area contributed by atoms with E-state index in [1.54, 1.807) is 0 Å². The van der Waals surface area contributed by atoms with Gasteiger partial charge in [-0.15, -0.1) is 0 Å². The molecule has 1 heterocycles. The molecule has 16 heavy (non-hydrogen) atoms. The minimum Gasteiger partial charge on any atom is -0.248 e. The van der Waals surface area contributed by atoms with E-state index < -0.39 is 0 Å². The Morgan fingerprint density at radius 3 is 2.31 bits per heavy atom. The number of pyridine rings is 1. The van der Waals surface area contributed by atoms with Crippen molar-refractivity contribution < 1.29 is 0 Å². The predicted octanol–water partition coefficient (Wildman–Crippen LogP) is 4.19. The maximum atomic E-state index is 4.66. The normalized spacial score (nSPS) is 10.8. The van der Waals surface area contributed by atoms with Crippen LogP contribution in [0.1, 0.15) is 29.3 Å². The van der Waals surface area contributed by atoms with E-state index in [4.69, 9.17) is 0 Å². The van der Waals surface area contributed by atoms with Crippen molar-refractivity contribution in [1.82, 2.24) is 4.98 Å². The second kappa shape index (κ2) is 3.75. The van der Waals surface area contributed by atoms with Gasteiger partial charge in [-0.2, -0.15) is 0 Å². The predicted molar refractivity (Wildman–Crippen MR) is 70.7 cm³/mol. The average Bonchev–Trinajstić information content (AvgIpc) is 2.15. The second-order valence-electron chi connectivity index (χ2n) is 4.58. The van der Waals surface area contributed by atoms with Crippen molar-refractivity contribution in [3.63, 3.8) is 0 Å². The first-order chi connectivity index (χ1) is 7.49. The zero-order chi connectivity index (χ0) is 11.9. The fraction of sp³-hybridized carbons (Fsp3) is 0.267. The van der Waals surface area contributed by atoms with E-state index in [1.807, 2.05) is 6.92 Å². The van der Waals surface area contributed by atoms with Crippen molar-refractivity contribution in [2.75, 3.05) is 0 Å². The van der Waals surface area contributed by atoms with Gasteiger partial charge in [-0.1, -0.05) is 12.6 Å². The molecule has 0 bridgehead atoms. The van der Waals surface area contributed by atoms with Gasteiger partial charge in [0, 0.05) is 5.39 Å². The molecule has 1 heteroatoms. The summed E-state index contributed by atoms with van der Waals surface area (Å²) in [5.74, 6) is 0. The number of benzene rings is 1. The molecule has 0 spiro atoms. The van der Waals surface area contributed by atoms with Crippen molar-refractivity contribution in [2.45, 2.75) is 27.7 Å². The van der Waals surface area contributed by atoms with Crippen molar-refractivity contribution in [2.24, 2.45) is 0 Å². The highest BCUT2D eigenvalue weighted by molar-refractivity contribution is 5.87. The fourth-order valence-corrected chi connectivity index (χ4v) is 2.20. The Morgan fingerprint density at radius 2 is 1.69 bits per heavy atom. The van der Waals surface area contributed by atoms with E-state index in [9.17, 15) is 0 Å². The maximum absolute atomic E-state index is 4.66. The number of aromatic nitrogens is 1. The molecule has 0 aliphatic carbocycles. The van der Waals surface area contributed by atoms with Gasteiger partial charge in [0.25, 0.3) is 0 Å². The number of rotatable bonds is 1. The van der Waals surface area contributed by atoms with Crippen LogP contribution in [0.15, 0.2) is 24.8 Å². The van der Waals surface area contributed by atoms with Crippen LogP contribution in [0.3, 0.4) is 0 Å². The fourth-order valence-electron chi connectivity index (χ4n) is 2.20. The highest BCUT2D eigenvalue weighted by Gasteiger charge is 2.06. The van der Waals surface area contributed by atoms with Crippen LogP contribution in [0.4, 0.5) is 0 Å². The summed E-state index contributed by atoms with van der Waals surface area (Å²) in [6.07, 6.45) is 0. The van der Waals surface area contributed by atoms with Crippen LogP contribution in [0.2, 0.25) is 0 Å². The molecule has 82 valence electrons. The highest BCUT2D eigenvalue weighted by atomic mass is 14.7. The van der Waals surface area contributed by atoms with Crippen molar-refractivity contribution >= 4 is 16.5 Å². The lowest BCUT2D eigenvalue weighted by Gasteiger charge is -2.09. The molecular weight excluding hydrogens is 194 g/mol. The smallest absolute Gasteiger partial charge is 0.0717 e. The first kappa shape index (κ1) is 10.9. The quantitative estimate of drug-likeness (QED) is 0.689. The van der Waals surface area contributed by atoms with Crippen LogP contribution in [0.5, 0.6) is 0 Å². The molecular formula is C15H17N. The molecule has 0 aliphatic rings. The molecule has 1 aromatic heterocycles. The Hall–Kier alpha value is -1.63. The summed E-state index contributed by atoms with van der Waals surface area (Å²) in [4.78, 5) is 4.66. The van der Waals surface area contributed by atoms with Gasteiger partial charge in [0.15, 0.2) is 0 Å². The van der Waals surface area contributed by atoms with Gasteiger partial charge in [0.05, 0.1) is 11.2 Å². The average molecular weight is 211 g/mol. The third-order valence-electron chi connectivity index (χ3n) is 2.88. The molecule has 2 rings (SSSR count). The molecule has 1 aromatic carbocycles. The first-order valence-corrected chi connectivity index (χ1v) is 5.53. The third kappa shape index (κ3) is 1.73. The summed E-state index contributed by atoms with van der Waals surface area (Å²) in [6, 6.07) is 6.46. The van der Waals surface area contributed by atoms with Crippen LogP contribution in [0, 0.1) is 20.8 Å². The van der Waals surface area contributed by atoms with Crippen LogP contribution in [-0.4, -0.2) is 4.98 Å². The molecule has 0 fully saturated rings. The van der Waals surface area contributed by atoms with E-state index in [2.05, 4.69) is 50.5 Å². The van der Waals surface area contributed by atoms with Gasteiger partial charge >= 0.3 is 0 Å². The van der Waals surface area contributed by atoms with Gasteiger partial charge in [-0.25, -0.2) is 4.98 Å². The van der Waals surface area contributed by atoms with Crippen LogP contribution in [-0.2, 0) is 0 Å². The maximum Gasteiger partial charge on any atom is 0.0717 e. The lowest BCUT2D eigenvalue weighted by atomic mass is 10.0. The number of nitrogens with zero attached hydrogens (tertiary/aromatic N) is 1. The number of aryl methyl sites for hydroxylation is 3. The number of hydrogen-bond donors (Lipinski definition) is 0. The minimum atomic E-state index is 0.995. The number of fused-ring (bicyclic) bond motifs is 1. The summed E-state index contributed by atoms with van der Waals surface area (Å²) in [5.41, 5.74) is 6.93. The minimum absolute atomic E-state index is 0.995. The number of hydrogen-bond acceptors (Lipinski definition) is 1. The third-order valence-corrected chi connectivity index (χ3v) is 2.88. The summed E-state index contributed by atoms with van der Waals surface area (Å²) in [6.45, 7) is 12.3. The van der Waals surface area contributed by atoms with Gasteiger partial charge in [-0.05, 0) is 62.1 Å². The highest BCUT2D eigenvalue weighted by Crippen LogP contribution is 2.25. The Bertz CT molecular complexity index is 579. The van der Waals surface area contributed by atoms with Gasteiger partial charge in [0.2, 0.25) is 0 Å².